The molecule has 3 aromatic rings. The number of piperazine rings is 1. The van der Waals surface area contributed by atoms with E-state index in [1.807, 2.05) is 11.0 Å². The van der Waals surface area contributed by atoms with E-state index >= 15 is 0 Å². The van der Waals surface area contributed by atoms with Crippen molar-refractivity contribution in [2.45, 2.75) is 32.4 Å². The molecule has 0 aliphatic carbocycles. The molecule has 2 fully saturated rings. The molecule has 0 bridgehead atoms. The van der Waals surface area contributed by atoms with Gasteiger partial charge in [-0.15, -0.1) is 0 Å². The molecule has 2 aliphatic rings. The fourth-order valence-electron chi connectivity index (χ4n) is 5.14. The third-order valence-electron chi connectivity index (χ3n) is 7.54. The van der Waals surface area contributed by atoms with E-state index in [0.29, 0.717) is 35.4 Å². The van der Waals surface area contributed by atoms with Crippen LogP contribution >= 0.6 is 34.5 Å². The summed E-state index contributed by atoms with van der Waals surface area (Å²) in [6.45, 7) is 9.39. The number of nitrogens with zero attached hydrogens (tertiary/aromatic N) is 6. The number of carboxylic acid groups (broad SMARTS) is 1. The first-order valence-electron chi connectivity index (χ1n) is 13.4. The Hall–Kier alpha value is -2.97. The third kappa shape index (κ3) is 6.14. The van der Waals surface area contributed by atoms with E-state index in [1.165, 1.54) is 0 Å². The highest BCUT2D eigenvalue weighted by Gasteiger charge is 2.34. The van der Waals surface area contributed by atoms with Crippen LogP contribution < -0.4 is 15.1 Å². The summed E-state index contributed by atoms with van der Waals surface area (Å²) in [6, 6.07) is 1.55. The smallest absolute Gasteiger partial charge is 0.348 e. The predicted molar refractivity (Wildman–Crippen MR) is 159 cm³/mol. The number of carboxylic acids is 1. The summed E-state index contributed by atoms with van der Waals surface area (Å²) < 4.78 is 5.72. The molecule has 0 unspecified atom stereocenters. The lowest BCUT2D eigenvalue weighted by Crippen LogP contribution is -2.55. The van der Waals surface area contributed by atoms with E-state index in [9.17, 15) is 14.7 Å². The van der Waals surface area contributed by atoms with Gasteiger partial charge in [0.2, 0.25) is 0 Å². The van der Waals surface area contributed by atoms with Crippen molar-refractivity contribution in [3.05, 3.63) is 38.6 Å². The van der Waals surface area contributed by atoms with Crippen molar-refractivity contribution in [3.8, 4) is 11.5 Å². The summed E-state index contributed by atoms with van der Waals surface area (Å²) >= 11 is 13.4. The number of hydrogen-bond acceptors (Lipinski definition) is 10. The first kappa shape index (κ1) is 29.5. The van der Waals surface area contributed by atoms with Crippen LogP contribution in [0.15, 0.2) is 12.3 Å². The monoisotopic (exact) mass is 622 g/mol. The van der Waals surface area contributed by atoms with Crippen LogP contribution in [0.3, 0.4) is 0 Å². The number of anilines is 2. The van der Waals surface area contributed by atoms with Crippen LogP contribution in [0.2, 0.25) is 10.0 Å². The quantitative estimate of drug-likeness (QED) is 0.342. The molecule has 15 heteroatoms. The van der Waals surface area contributed by atoms with E-state index in [0.717, 1.165) is 49.9 Å². The minimum atomic E-state index is -1.09. The standard InChI is InChI=1S/C26H32Cl2N8O4S/c1-4-34-9-11-35(12-10-34)17-5-7-29-23(32-17)21-22(25(38)39)41-26(33-21)36-8-6-15(16(13-36)40-3)31-24(37)20-19(28)18(27)14(2)30-20/h5,7,15-16,30H,4,6,8-13H2,1-3H3,(H,31,37)(H,38,39)/t15-,16+/m1/s1. The van der Waals surface area contributed by atoms with Gasteiger partial charge in [0.15, 0.2) is 11.0 Å². The number of carbonyl (C=O) groups is 2. The molecule has 2 saturated heterocycles. The molecule has 5 rings (SSSR count). The van der Waals surface area contributed by atoms with Gasteiger partial charge in [0.05, 0.1) is 22.2 Å². The van der Waals surface area contributed by atoms with Gasteiger partial charge in [-0.25, -0.2) is 19.7 Å². The molecule has 2 aliphatic heterocycles. The zero-order valence-electron chi connectivity index (χ0n) is 23.0. The van der Waals surface area contributed by atoms with Gasteiger partial charge in [-0.3, -0.25) is 4.79 Å². The Kier molecular flexibility index (Phi) is 9.00. The van der Waals surface area contributed by atoms with Gasteiger partial charge in [0, 0.05) is 58.3 Å². The van der Waals surface area contributed by atoms with E-state index in [1.54, 1.807) is 20.2 Å². The summed E-state index contributed by atoms with van der Waals surface area (Å²) in [4.78, 5) is 48.4. The normalized spacial score (nSPS) is 19.9. The second-order valence-electron chi connectivity index (χ2n) is 9.98. The van der Waals surface area contributed by atoms with Crippen molar-refractivity contribution in [2.75, 3.05) is 62.7 Å². The highest BCUT2D eigenvalue weighted by molar-refractivity contribution is 7.17. The molecule has 0 saturated carbocycles. The molecule has 0 radical (unpaired) electrons. The summed E-state index contributed by atoms with van der Waals surface area (Å²) in [5, 5.41) is 14.0. The van der Waals surface area contributed by atoms with Crippen LogP contribution in [-0.2, 0) is 4.74 Å². The second kappa shape index (κ2) is 12.5. The Balaban J connectivity index is 1.32. The number of amides is 1. The van der Waals surface area contributed by atoms with Gasteiger partial charge < -0.3 is 34.8 Å². The molecular formula is C26H32Cl2N8O4S. The number of thiazole rings is 1. The zero-order chi connectivity index (χ0) is 29.3. The highest BCUT2D eigenvalue weighted by Crippen LogP contribution is 2.34. The molecule has 41 heavy (non-hydrogen) atoms. The molecule has 5 heterocycles. The number of ether oxygens (including phenoxy) is 1. The van der Waals surface area contributed by atoms with Crippen molar-refractivity contribution in [1.29, 1.82) is 0 Å². The van der Waals surface area contributed by atoms with Crippen molar-refractivity contribution in [3.63, 3.8) is 0 Å². The maximum absolute atomic E-state index is 12.9. The zero-order valence-corrected chi connectivity index (χ0v) is 25.3. The van der Waals surface area contributed by atoms with Crippen LogP contribution in [0, 0.1) is 6.92 Å². The molecular weight excluding hydrogens is 591 g/mol. The lowest BCUT2D eigenvalue weighted by molar-refractivity contribution is 0.0540. The number of piperidine rings is 1. The van der Waals surface area contributed by atoms with Crippen LogP contribution in [0.5, 0.6) is 0 Å². The Labute approximate surface area is 251 Å². The number of hydrogen-bond donors (Lipinski definition) is 3. The van der Waals surface area contributed by atoms with Gasteiger partial charge in [-0.1, -0.05) is 41.5 Å². The lowest BCUT2D eigenvalue weighted by atomic mass is 10.0. The number of rotatable bonds is 8. The summed E-state index contributed by atoms with van der Waals surface area (Å²) in [6.07, 6.45) is 1.82. The first-order chi connectivity index (χ1) is 19.7. The second-order valence-corrected chi connectivity index (χ2v) is 11.7. The van der Waals surface area contributed by atoms with Gasteiger partial charge in [-0.05, 0) is 26.0 Å². The van der Waals surface area contributed by atoms with Crippen LogP contribution in [0.25, 0.3) is 11.5 Å². The molecule has 12 nitrogen and oxygen atoms in total. The van der Waals surface area contributed by atoms with Crippen molar-refractivity contribution in [2.24, 2.45) is 0 Å². The van der Waals surface area contributed by atoms with Gasteiger partial charge >= 0.3 is 5.97 Å². The predicted octanol–water partition coefficient (Wildman–Crippen LogP) is 3.41. The molecule has 1 amide bonds. The van der Waals surface area contributed by atoms with Crippen molar-refractivity contribution >= 4 is 57.4 Å². The third-order valence-corrected chi connectivity index (χ3v) is 9.59. The number of halogens is 2. The number of aromatic amines is 1. The van der Waals surface area contributed by atoms with E-state index in [4.69, 9.17) is 37.9 Å². The van der Waals surface area contributed by atoms with Crippen LogP contribution in [0.4, 0.5) is 10.9 Å². The largest absolute Gasteiger partial charge is 0.477 e. The fraction of sp³-hybridized carbons (Fsp3) is 0.500. The van der Waals surface area contributed by atoms with Crippen LogP contribution in [-0.4, -0.2) is 107 Å². The number of nitrogens with one attached hydrogen (secondary N) is 2. The average Bonchev–Trinajstić information content (AvgIpc) is 3.55. The molecule has 3 N–H and O–H groups in total. The number of aromatic carboxylic acids is 1. The van der Waals surface area contributed by atoms with Gasteiger partial charge in [-0.2, -0.15) is 0 Å². The number of aryl methyl sites for hydroxylation is 1. The van der Waals surface area contributed by atoms with Crippen molar-refractivity contribution in [1.82, 2.24) is 30.2 Å². The molecule has 0 aromatic carbocycles. The van der Waals surface area contributed by atoms with Crippen LogP contribution in [0.1, 0.15) is 39.2 Å². The Morgan fingerprint density at radius 1 is 1.17 bits per heavy atom. The number of aromatic nitrogens is 4. The van der Waals surface area contributed by atoms with E-state index in [-0.39, 0.29) is 45.2 Å². The Bertz CT molecular complexity index is 1420. The van der Waals surface area contributed by atoms with Gasteiger partial charge in [0.1, 0.15) is 22.1 Å². The van der Waals surface area contributed by atoms with E-state index in [2.05, 4.69) is 32.0 Å². The molecule has 2 atom stereocenters. The molecule has 3 aromatic heterocycles. The summed E-state index contributed by atoms with van der Waals surface area (Å²) in [5.74, 6) is -0.422. The molecule has 220 valence electrons. The summed E-state index contributed by atoms with van der Waals surface area (Å²) in [5.41, 5.74) is 1.06. The Morgan fingerprint density at radius 2 is 1.93 bits per heavy atom. The van der Waals surface area contributed by atoms with E-state index < -0.39 is 5.97 Å². The maximum atomic E-state index is 12.9. The highest BCUT2D eigenvalue weighted by atomic mass is 35.5. The fourth-order valence-corrected chi connectivity index (χ4v) is 6.49. The molecule has 0 spiro atoms. The number of likely N-dealkylation sites (N-methyl/N-ethyl adjacent to an activating group) is 1. The van der Waals surface area contributed by atoms with Crippen molar-refractivity contribution < 1.29 is 19.4 Å². The lowest BCUT2D eigenvalue weighted by Gasteiger charge is -2.37. The number of H-pyrrole nitrogens is 1. The number of carbonyl (C=O) groups excluding carboxylic acids is 1. The average molecular weight is 624 g/mol. The van der Waals surface area contributed by atoms with Gasteiger partial charge in [0.25, 0.3) is 5.91 Å². The first-order valence-corrected chi connectivity index (χ1v) is 14.9. The maximum Gasteiger partial charge on any atom is 0.348 e. The SMILES string of the molecule is CCN1CCN(c2ccnc(-c3nc(N4CC[C@@H](NC(=O)c5[nH]c(C)c(Cl)c5Cl)[C@@H](OC)C4)sc3C(=O)O)n2)CC1. The minimum absolute atomic E-state index is 0.0750. The topological polar surface area (TPSA) is 140 Å². The number of methoxy groups -OCH3 is 1. The Morgan fingerprint density at radius 3 is 2.56 bits per heavy atom. The minimum Gasteiger partial charge on any atom is -0.477 e. The summed E-state index contributed by atoms with van der Waals surface area (Å²) in [7, 11) is 1.57.